The molecule has 2 N–H and O–H groups in total. The van der Waals surface area contributed by atoms with Gasteiger partial charge in [-0.2, -0.15) is 0 Å². The van der Waals surface area contributed by atoms with Gasteiger partial charge in [-0.25, -0.2) is 0 Å². The number of carbonyl (C=O) groups is 2. The zero-order chi connectivity index (χ0) is 15.2. The topological polar surface area (TPSA) is 66.4 Å². The van der Waals surface area contributed by atoms with Crippen LogP contribution in [0.5, 0.6) is 0 Å². The van der Waals surface area contributed by atoms with E-state index in [1.165, 1.54) is 5.56 Å². The first-order chi connectivity index (χ1) is 10.1. The lowest BCUT2D eigenvalue weighted by Crippen LogP contribution is -2.33. The Morgan fingerprint density at radius 2 is 1.95 bits per heavy atom. The van der Waals surface area contributed by atoms with Crippen LogP contribution in [0.15, 0.2) is 30.3 Å². The molecule has 2 rings (SSSR count). The number of benzene rings is 1. The number of hydrogen-bond acceptors (Lipinski definition) is 3. The van der Waals surface area contributed by atoms with E-state index in [4.69, 9.17) is 5.11 Å². The highest BCUT2D eigenvalue weighted by Crippen LogP contribution is 2.32. The Morgan fingerprint density at radius 3 is 2.62 bits per heavy atom. The van der Waals surface area contributed by atoms with Crippen LogP contribution < -0.4 is 5.32 Å². The maximum Gasteiger partial charge on any atom is 0.310 e. The molecular weight excluding hydrogens is 266 g/mol. The number of hydrogen-bond donors (Lipinski definition) is 2. The number of carbonyl (C=O) groups excluding carboxylic acids is 1. The van der Waals surface area contributed by atoms with Gasteiger partial charge in [-0.15, -0.1) is 0 Å². The van der Waals surface area contributed by atoms with Crippen molar-refractivity contribution >= 4 is 11.8 Å². The van der Waals surface area contributed by atoms with Gasteiger partial charge < -0.3 is 10.4 Å². The average molecular weight is 289 g/mol. The fourth-order valence-electron chi connectivity index (χ4n) is 3.14. The lowest BCUT2D eigenvalue weighted by Gasteiger charge is -2.17. The molecule has 0 aliphatic heterocycles. The lowest BCUT2D eigenvalue weighted by atomic mass is 9.99. The smallest absolute Gasteiger partial charge is 0.310 e. The summed E-state index contributed by atoms with van der Waals surface area (Å²) in [7, 11) is 0. The van der Waals surface area contributed by atoms with Gasteiger partial charge in [0, 0.05) is 12.0 Å². The van der Waals surface area contributed by atoms with Crippen molar-refractivity contribution in [3.05, 3.63) is 35.9 Å². The molecule has 1 aliphatic rings. The molecule has 1 aromatic rings. The molecule has 4 heteroatoms. The molecule has 1 aliphatic carbocycles. The van der Waals surface area contributed by atoms with Crippen LogP contribution in [0.1, 0.15) is 31.7 Å². The van der Waals surface area contributed by atoms with Crippen LogP contribution in [0.4, 0.5) is 0 Å². The largest absolute Gasteiger partial charge is 0.481 e. The summed E-state index contributed by atoms with van der Waals surface area (Å²) in [5.41, 5.74) is 1.30. The predicted octanol–water partition coefficient (Wildman–Crippen LogP) is 2.28. The van der Waals surface area contributed by atoms with Crippen LogP contribution in [-0.2, 0) is 16.0 Å². The Bertz CT molecular complexity index is 486. The van der Waals surface area contributed by atoms with E-state index in [1.54, 1.807) is 0 Å². The highest BCUT2D eigenvalue weighted by Gasteiger charge is 2.35. The molecule has 0 saturated heterocycles. The molecular formula is C17H23NO3. The molecule has 114 valence electrons. The second kappa shape index (κ2) is 7.36. The molecule has 1 aromatic carbocycles. The Labute approximate surface area is 125 Å². The van der Waals surface area contributed by atoms with Crippen molar-refractivity contribution in [2.45, 2.75) is 38.6 Å². The molecule has 0 bridgehead atoms. The fourth-order valence-corrected chi connectivity index (χ4v) is 3.14. The Balaban J connectivity index is 1.77. The van der Waals surface area contributed by atoms with E-state index < -0.39 is 5.97 Å². The predicted molar refractivity (Wildman–Crippen MR) is 81.1 cm³/mol. The zero-order valence-electron chi connectivity index (χ0n) is 12.4. The van der Waals surface area contributed by atoms with Crippen molar-refractivity contribution in [3.63, 3.8) is 0 Å². The first-order valence-electron chi connectivity index (χ1n) is 7.58. The SMILES string of the molecule is CC1CC(C(=O)CC(=O)O)CC1NCCc1ccccc1. The number of carboxylic acid groups (broad SMARTS) is 1. The summed E-state index contributed by atoms with van der Waals surface area (Å²) < 4.78 is 0. The van der Waals surface area contributed by atoms with E-state index in [0.29, 0.717) is 12.0 Å². The van der Waals surface area contributed by atoms with E-state index >= 15 is 0 Å². The van der Waals surface area contributed by atoms with Gasteiger partial charge >= 0.3 is 5.97 Å². The summed E-state index contributed by atoms with van der Waals surface area (Å²) >= 11 is 0. The summed E-state index contributed by atoms with van der Waals surface area (Å²) in [4.78, 5) is 22.5. The molecule has 0 amide bonds. The first kappa shape index (κ1) is 15.7. The van der Waals surface area contributed by atoms with Crippen molar-refractivity contribution in [1.29, 1.82) is 0 Å². The number of Topliss-reactive ketones (excluding diaryl/α,β-unsaturated/α-hetero) is 1. The summed E-state index contributed by atoms with van der Waals surface area (Å²) in [6, 6.07) is 10.6. The molecule has 0 heterocycles. The number of aliphatic carboxylic acids is 1. The fraction of sp³-hybridized carbons (Fsp3) is 0.529. The Morgan fingerprint density at radius 1 is 1.24 bits per heavy atom. The van der Waals surface area contributed by atoms with Crippen LogP contribution in [0.3, 0.4) is 0 Å². The van der Waals surface area contributed by atoms with Gasteiger partial charge in [0.1, 0.15) is 12.2 Å². The molecule has 0 aromatic heterocycles. The molecule has 1 saturated carbocycles. The molecule has 0 spiro atoms. The van der Waals surface area contributed by atoms with Crippen molar-refractivity contribution in [3.8, 4) is 0 Å². The minimum atomic E-state index is -1.02. The molecule has 4 nitrogen and oxygen atoms in total. The first-order valence-corrected chi connectivity index (χ1v) is 7.58. The third-order valence-electron chi connectivity index (χ3n) is 4.33. The molecule has 1 fully saturated rings. The summed E-state index contributed by atoms with van der Waals surface area (Å²) in [6.07, 6.45) is 2.20. The van der Waals surface area contributed by atoms with Gasteiger partial charge in [0.05, 0.1) is 0 Å². The van der Waals surface area contributed by atoms with Gasteiger partial charge in [-0.05, 0) is 37.3 Å². The monoisotopic (exact) mass is 289 g/mol. The summed E-state index contributed by atoms with van der Waals surface area (Å²) in [5, 5.41) is 12.2. The zero-order valence-corrected chi connectivity index (χ0v) is 12.4. The minimum absolute atomic E-state index is 0.0923. The minimum Gasteiger partial charge on any atom is -0.481 e. The van der Waals surface area contributed by atoms with Crippen LogP contribution in [0.25, 0.3) is 0 Å². The number of nitrogens with one attached hydrogen (secondary N) is 1. The maximum atomic E-state index is 11.8. The highest BCUT2D eigenvalue weighted by atomic mass is 16.4. The second-order valence-corrected chi connectivity index (χ2v) is 5.98. The number of rotatable bonds is 7. The van der Waals surface area contributed by atoms with Crippen LogP contribution >= 0.6 is 0 Å². The van der Waals surface area contributed by atoms with Crippen molar-refractivity contribution in [2.75, 3.05) is 6.54 Å². The van der Waals surface area contributed by atoms with Gasteiger partial charge in [-0.1, -0.05) is 37.3 Å². The molecule has 0 radical (unpaired) electrons. The third-order valence-corrected chi connectivity index (χ3v) is 4.33. The number of carboxylic acids is 1. The highest BCUT2D eigenvalue weighted by molar-refractivity contribution is 5.96. The molecule has 3 atom stereocenters. The van der Waals surface area contributed by atoms with Crippen molar-refractivity contribution < 1.29 is 14.7 Å². The lowest BCUT2D eigenvalue weighted by molar-refractivity contribution is -0.141. The third kappa shape index (κ3) is 4.67. The van der Waals surface area contributed by atoms with Gasteiger partial charge in [0.15, 0.2) is 0 Å². The van der Waals surface area contributed by atoms with E-state index in [0.717, 1.165) is 25.8 Å². The standard InChI is InChI=1S/C17H23NO3/c1-12-9-14(16(19)11-17(20)21)10-15(12)18-8-7-13-5-3-2-4-6-13/h2-6,12,14-15,18H,7-11H2,1H3,(H,20,21). The van der Waals surface area contributed by atoms with Crippen molar-refractivity contribution in [1.82, 2.24) is 5.32 Å². The summed E-state index contributed by atoms with van der Waals surface area (Å²) in [5.74, 6) is -0.816. The molecule has 21 heavy (non-hydrogen) atoms. The molecule has 3 unspecified atom stereocenters. The Hall–Kier alpha value is -1.68. The van der Waals surface area contributed by atoms with Crippen molar-refractivity contribution in [2.24, 2.45) is 11.8 Å². The normalized spacial score (nSPS) is 24.9. The number of ketones is 1. The summed E-state index contributed by atoms with van der Waals surface area (Å²) in [6.45, 7) is 3.02. The maximum absolute atomic E-state index is 11.8. The van der Waals surface area contributed by atoms with Gasteiger partial charge in [0.2, 0.25) is 0 Å². The van der Waals surface area contributed by atoms with Crippen LogP contribution in [0, 0.1) is 11.8 Å². The van der Waals surface area contributed by atoms with Gasteiger partial charge in [0.25, 0.3) is 0 Å². The van der Waals surface area contributed by atoms with Crippen LogP contribution in [0.2, 0.25) is 0 Å². The van der Waals surface area contributed by atoms with E-state index in [-0.39, 0.29) is 18.1 Å². The average Bonchev–Trinajstić information content (AvgIpc) is 2.81. The van der Waals surface area contributed by atoms with Gasteiger partial charge in [-0.3, -0.25) is 9.59 Å². The van der Waals surface area contributed by atoms with E-state index in [1.807, 2.05) is 18.2 Å². The van der Waals surface area contributed by atoms with E-state index in [9.17, 15) is 9.59 Å². The van der Waals surface area contributed by atoms with E-state index in [2.05, 4.69) is 24.4 Å². The Kier molecular flexibility index (Phi) is 5.51. The van der Waals surface area contributed by atoms with Crippen LogP contribution in [-0.4, -0.2) is 29.4 Å². The second-order valence-electron chi connectivity index (χ2n) is 5.98. The quantitative estimate of drug-likeness (QED) is 0.756.